The van der Waals surface area contributed by atoms with Crippen LogP contribution in [0.3, 0.4) is 0 Å². The average molecular weight is 424 g/mol. The molecule has 5 aromatic rings. The van der Waals surface area contributed by atoms with E-state index in [2.05, 4.69) is 46.6 Å². The smallest absolute Gasteiger partial charge is 0.156 e. The lowest BCUT2D eigenvalue weighted by atomic mass is 10.1. The maximum absolute atomic E-state index is 13.2. The number of benzene rings is 2. The Morgan fingerprint density at radius 1 is 0.844 bits per heavy atom. The molecule has 1 N–H and O–H groups in total. The lowest BCUT2D eigenvalue weighted by molar-refractivity contribution is 0.628. The maximum Gasteiger partial charge on any atom is 0.156 e. The molecule has 3 heterocycles. The predicted molar refractivity (Wildman–Crippen MR) is 124 cm³/mol. The van der Waals surface area contributed by atoms with Gasteiger partial charge in [-0.05, 0) is 74.4 Å². The van der Waals surface area contributed by atoms with Crippen LogP contribution in [0.1, 0.15) is 16.8 Å². The van der Waals surface area contributed by atoms with Gasteiger partial charge in [0.15, 0.2) is 11.6 Å². The molecule has 7 heteroatoms. The molecular weight excluding hydrogens is 403 g/mol. The van der Waals surface area contributed by atoms with E-state index in [0.29, 0.717) is 11.5 Å². The summed E-state index contributed by atoms with van der Waals surface area (Å²) in [6.45, 7) is 6.07. The number of nitrogens with zero attached hydrogens (tertiary/aromatic N) is 5. The highest BCUT2D eigenvalue weighted by molar-refractivity contribution is 5.85. The van der Waals surface area contributed by atoms with E-state index < -0.39 is 0 Å². The fourth-order valence-corrected chi connectivity index (χ4v) is 3.72. The summed E-state index contributed by atoms with van der Waals surface area (Å²) in [5, 5.41) is 17.6. The topological polar surface area (TPSA) is 68.5 Å². The van der Waals surface area contributed by atoms with Crippen LogP contribution in [0.4, 0.5) is 16.0 Å². The first-order chi connectivity index (χ1) is 15.5. The van der Waals surface area contributed by atoms with Gasteiger partial charge in [-0.2, -0.15) is 9.78 Å². The second kappa shape index (κ2) is 7.85. The van der Waals surface area contributed by atoms with Gasteiger partial charge in [0.1, 0.15) is 11.6 Å². The van der Waals surface area contributed by atoms with E-state index in [4.69, 9.17) is 4.98 Å². The summed E-state index contributed by atoms with van der Waals surface area (Å²) < 4.78 is 14.9. The van der Waals surface area contributed by atoms with Crippen LogP contribution >= 0.6 is 0 Å². The molecule has 3 aromatic heterocycles. The summed E-state index contributed by atoms with van der Waals surface area (Å²) in [6, 6.07) is 20.0. The van der Waals surface area contributed by atoms with Gasteiger partial charge >= 0.3 is 0 Å². The third-order valence-electron chi connectivity index (χ3n) is 5.34. The summed E-state index contributed by atoms with van der Waals surface area (Å²) in [6.07, 6.45) is 0. The number of aryl methyl sites for hydroxylation is 3. The van der Waals surface area contributed by atoms with Gasteiger partial charge < -0.3 is 5.32 Å². The number of rotatable bonds is 4. The fourth-order valence-electron chi connectivity index (χ4n) is 3.72. The molecule has 0 radical (unpaired) electrons. The summed E-state index contributed by atoms with van der Waals surface area (Å²) >= 11 is 0. The van der Waals surface area contributed by atoms with E-state index in [1.165, 1.54) is 12.1 Å². The monoisotopic (exact) mass is 424 g/mol. The highest BCUT2D eigenvalue weighted by Gasteiger charge is 2.13. The molecule has 0 atom stereocenters. The average Bonchev–Trinajstić information content (AvgIpc) is 3.15. The van der Waals surface area contributed by atoms with Crippen molar-refractivity contribution >= 4 is 22.5 Å². The second-order valence-corrected chi connectivity index (χ2v) is 7.79. The third-order valence-corrected chi connectivity index (χ3v) is 5.34. The SMILES string of the molecule is Cc1cc(Nc2ccc(-c3ccc(F)cc3)nn2)n(-c2cc(C)c3cccc(C)c3n2)n1. The molecule has 5 rings (SSSR count). The number of aromatic nitrogens is 5. The van der Waals surface area contributed by atoms with Gasteiger partial charge in [-0.1, -0.05) is 18.2 Å². The number of halogens is 1. The molecule has 6 nitrogen and oxygen atoms in total. The van der Waals surface area contributed by atoms with Crippen LogP contribution in [0.5, 0.6) is 0 Å². The van der Waals surface area contributed by atoms with Crippen molar-refractivity contribution in [2.45, 2.75) is 20.8 Å². The lowest BCUT2D eigenvalue weighted by Gasteiger charge is -2.12. The zero-order valence-corrected chi connectivity index (χ0v) is 18.0. The summed E-state index contributed by atoms with van der Waals surface area (Å²) in [4.78, 5) is 4.88. The van der Waals surface area contributed by atoms with E-state index in [9.17, 15) is 4.39 Å². The Kier molecular flexibility index (Phi) is 4.86. The molecule has 0 aliphatic rings. The molecule has 0 saturated heterocycles. The molecular formula is C25H21FN6. The van der Waals surface area contributed by atoms with Gasteiger partial charge in [-0.3, -0.25) is 0 Å². The molecule has 158 valence electrons. The van der Waals surface area contributed by atoms with Crippen LogP contribution in [0.2, 0.25) is 0 Å². The van der Waals surface area contributed by atoms with Crippen molar-refractivity contribution in [2.24, 2.45) is 0 Å². The normalized spacial score (nSPS) is 11.1. The standard InChI is InChI=1S/C25H21FN6/c1-15-5-4-6-20-16(2)13-23(28-25(15)20)32-24(14-17(3)31-32)27-22-12-11-21(29-30-22)18-7-9-19(26)10-8-18/h4-14H,1-3H3,(H,27,30). The van der Waals surface area contributed by atoms with Gasteiger partial charge in [-0.25, -0.2) is 9.37 Å². The summed E-state index contributed by atoms with van der Waals surface area (Å²) in [7, 11) is 0. The summed E-state index contributed by atoms with van der Waals surface area (Å²) in [5.41, 5.74) is 5.54. The van der Waals surface area contributed by atoms with Crippen molar-refractivity contribution in [3.05, 3.63) is 89.4 Å². The number of anilines is 2. The van der Waals surface area contributed by atoms with Gasteiger partial charge in [0.25, 0.3) is 0 Å². The number of para-hydroxylation sites is 1. The zero-order valence-electron chi connectivity index (χ0n) is 18.0. The highest BCUT2D eigenvalue weighted by atomic mass is 19.1. The Morgan fingerprint density at radius 3 is 2.41 bits per heavy atom. The van der Waals surface area contributed by atoms with E-state index in [-0.39, 0.29) is 5.82 Å². The molecule has 0 spiro atoms. The molecule has 0 fully saturated rings. The summed E-state index contributed by atoms with van der Waals surface area (Å²) in [5.74, 6) is 1.77. The fraction of sp³-hybridized carbons (Fsp3) is 0.120. The lowest BCUT2D eigenvalue weighted by Crippen LogP contribution is -2.07. The minimum absolute atomic E-state index is 0.281. The zero-order chi connectivity index (χ0) is 22.2. The van der Waals surface area contributed by atoms with Crippen LogP contribution in [0, 0.1) is 26.6 Å². The molecule has 0 bridgehead atoms. The van der Waals surface area contributed by atoms with Crippen molar-refractivity contribution in [1.82, 2.24) is 25.0 Å². The first-order valence-electron chi connectivity index (χ1n) is 10.3. The number of hydrogen-bond acceptors (Lipinski definition) is 5. The Labute approximate surface area is 184 Å². The highest BCUT2D eigenvalue weighted by Crippen LogP contribution is 2.26. The van der Waals surface area contributed by atoms with Crippen molar-refractivity contribution in [3.8, 4) is 17.1 Å². The van der Waals surface area contributed by atoms with Crippen LogP contribution in [-0.2, 0) is 0 Å². The largest absolute Gasteiger partial charge is 0.323 e. The molecule has 0 aliphatic heterocycles. The number of hydrogen-bond donors (Lipinski definition) is 1. The van der Waals surface area contributed by atoms with E-state index in [1.807, 2.05) is 37.3 Å². The first-order valence-corrected chi connectivity index (χ1v) is 10.3. The molecule has 0 unspecified atom stereocenters. The first kappa shape index (κ1) is 19.8. The maximum atomic E-state index is 13.2. The van der Waals surface area contributed by atoms with Crippen LogP contribution in [0.15, 0.2) is 66.7 Å². The minimum atomic E-state index is -0.281. The van der Waals surface area contributed by atoms with Crippen molar-refractivity contribution in [1.29, 1.82) is 0 Å². The third kappa shape index (κ3) is 3.69. The van der Waals surface area contributed by atoms with Crippen LogP contribution in [-0.4, -0.2) is 25.0 Å². The van der Waals surface area contributed by atoms with E-state index in [1.54, 1.807) is 16.8 Å². The Morgan fingerprint density at radius 2 is 1.66 bits per heavy atom. The van der Waals surface area contributed by atoms with Crippen molar-refractivity contribution in [3.63, 3.8) is 0 Å². The number of fused-ring (bicyclic) bond motifs is 1. The molecule has 32 heavy (non-hydrogen) atoms. The van der Waals surface area contributed by atoms with Crippen molar-refractivity contribution < 1.29 is 4.39 Å². The molecule has 0 amide bonds. The van der Waals surface area contributed by atoms with Gasteiger partial charge in [0.2, 0.25) is 0 Å². The number of nitrogens with one attached hydrogen (secondary N) is 1. The van der Waals surface area contributed by atoms with E-state index >= 15 is 0 Å². The van der Waals surface area contributed by atoms with Crippen LogP contribution < -0.4 is 5.32 Å². The van der Waals surface area contributed by atoms with Gasteiger partial charge in [0.05, 0.1) is 16.9 Å². The Hall–Kier alpha value is -4.13. The quantitative estimate of drug-likeness (QED) is 0.402. The predicted octanol–water partition coefficient (Wildman–Crippen LogP) is 5.69. The second-order valence-electron chi connectivity index (χ2n) is 7.79. The van der Waals surface area contributed by atoms with Crippen LogP contribution in [0.25, 0.3) is 28.0 Å². The Bertz CT molecular complexity index is 1420. The molecule has 0 saturated carbocycles. The van der Waals surface area contributed by atoms with Gasteiger partial charge in [0, 0.05) is 17.0 Å². The van der Waals surface area contributed by atoms with Crippen molar-refractivity contribution in [2.75, 3.05) is 5.32 Å². The molecule has 2 aromatic carbocycles. The van der Waals surface area contributed by atoms with Gasteiger partial charge in [-0.15, -0.1) is 10.2 Å². The Balaban J connectivity index is 1.49. The minimum Gasteiger partial charge on any atom is -0.323 e. The molecule has 0 aliphatic carbocycles. The van der Waals surface area contributed by atoms with E-state index in [0.717, 1.165) is 44.9 Å². The number of pyridine rings is 1.